The Morgan fingerprint density at radius 3 is 2.20 bits per heavy atom. The molecule has 0 saturated carbocycles. The normalized spacial score (nSPS) is 16.1. The Morgan fingerprint density at radius 1 is 0.867 bits per heavy atom. The highest BCUT2D eigenvalue weighted by Gasteiger charge is 2.28. The molecule has 0 fully saturated rings. The predicted octanol–water partition coefficient (Wildman–Crippen LogP) is 6.23. The Morgan fingerprint density at radius 2 is 1.50 bits per heavy atom. The van der Waals surface area contributed by atoms with Crippen LogP contribution in [0.5, 0.6) is 0 Å². The van der Waals surface area contributed by atoms with E-state index in [1.807, 2.05) is 0 Å². The molecule has 4 rings (SSSR count). The van der Waals surface area contributed by atoms with Crippen LogP contribution in [0.15, 0.2) is 96.1 Å². The maximum atomic E-state index is 5.11. The summed E-state index contributed by atoms with van der Waals surface area (Å²) in [7, 11) is 0. The van der Waals surface area contributed by atoms with E-state index in [0.29, 0.717) is 0 Å². The Bertz CT molecular complexity index is 1000. The van der Waals surface area contributed by atoms with Gasteiger partial charge in [-0.15, -0.1) is 0 Å². The zero-order valence-corrected chi connectivity index (χ0v) is 17.8. The Balaban J connectivity index is 1.73. The summed E-state index contributed by atoms with van der Waals surface area (Å²) in [6.07, 6.45) is 5.38. The topological polar surface area (TPSA) is 18.8 Å². The molecule has 0 radical (unpaired) electrons. The summed E-state index contributed by atoms with van der Waals surface area (Å²) in [4.78, 5) is 2.39. The molecule has 152 valence electrons. The van der Waals surface area contributed by atoms with E-state index in [-0.39, 0.29) is 6.04 Å². The molecule has 3 heteroatoms. The molecule has 1 unspecified atom stereocenters. The van der Waals surface area contributed by atoms with Gasteiger partial charge in [0.1, 0.15) is 0 Å². The molecule has 30 heavy (non-hydrogen) atoms. The van der Waals surface area contributed by atoms with Crippen LogP contribution >= 0.6 is 0 Å². The molecule has 3 nitrogen and oxygen atoms in total. The maximum absolute atomic E-state index is 5.11. The largest absolute Gasteiger partial charge is 0.370 e. The Hall–Kier alpha value is -3.33. The molecule has 0 spiro atoms. The molecule has 0 bridgehead atoms. The second-order valence-electron chi connectivity index (χ2n) is 7.46. The third-order valence-electron chi connectivity index (χ3n) is 5.60. The molecule has 0 amide bonds. The van der Waals surface area contributed by atoms with Crippen LogP contribution in [0.25, 0.3) is 6.08 Å². The molecular formula is C27H29N3. The first-order chi connectivity index (χ1) is 14.8. The number of para-hydroxylation sites is 2. The van der Waals surface area contributed by atoms with Gasteiger partial charge in [0.25, 0.3) is 0 Å². The van der Waals surface area contributed by atoms with Crippen molar-refractivity contribution in [1.29, 1.82) is 0 Å². The van der Waals surface area contributed by atoms with E-state index in [4.69, 9.17) is 5.10 Å². The molecule has 1 heterocycles. The first-order valence-corrected chi connectivity index (χ1v) is 10.8. The molecule has 1 aliphatic heterocycles. The van der Waals surface area contributed by atoms with Crippen molar-refractivity contribution in [2.75, 3.05) is 23.0 Å². The van der Waals surface area contributed by atoms with E-state index in [1.54, 1.807) is 0 Å². The van der Waals surface area contributed by atoms with E-state index in [0.717, 1.165) is 30.9 Å². The Kier molecular flexibility index (Phi) is 6.29. The highest BCUT2D eigenvalue weighted by atomic mass is 15.5. The van der Waals surface area contributed by atoms with Gasteiger partial charge in [0.2, 0.25) is 0 Å². The third kappa shape index (κ3) is 4.30. The lowest BCUT2D eigenvalue weighted by Gasteiger charge is -2.29. The SMILES string of the molecule is CCN(CC)c1ccccc1N1N=C(c2ccccc2)CC1C=Cc1ccccc1. The lowest BCUT2D eigenvalue weighted by Crippen LogP contribution is -2.28. The molecule has 3 aromatic rings. The monoisotopic (exact) mass is 395 g/mol. The summed E-state index contributed by atoms with van der Waals surface area (Å²) in [5.74, 6) is 0. The lowest BCUT2D eigenvalue weighted by molar-refractivity contribution is 0.781. The number of benzene rings is 3. The van der Waals surface area contributed by atoms with Crippen molar-refractivity contribution in [3.63, 3.8) is 0 Å². The van der Waals surface area contributed by atoms with Crippen LogP contribution in [0.3, 0.4) is 0 Å². The summed E-state index contributed by atoms with van der Waals surface area (Å²) >= 11 is 0. The molecule has 1 atom stereocenters. The zero-order chi connectivity index (χ0) is 20.8. The van der Waals surface area contributed by atoms with Crippen LogP contribution in [0.4, 0.5) is 11.4 Å². The summed E-state index contributed by atoms with van der Waals surface area (Å²) in [5, 5.41) is 7.31. The van der Waals surface area contributed by atoms with Crippen LogP contribution in [0.1, 0.15) is 31.4 Å². The highest BCUT2D eigenvalue weighted by Crippen LogP contribution is 2.35. The van der Waals surface area contributed by atoms with Crippen molar-refractivity contribution in [3.8, 4) is 0 Å². The smallest absolute Gasteiger partial charge is 0.0834 e. The summed E-state index contributed by atoms with van der Waals surface area (Å²) in [5.41, 5.74) is 5.93. The molecule has 0 saturated heterocycles. The quantitative estimate of drug-likeness (QED) is 0.472. The number of rotatable bonds is 7. The summed E-state index contributed by atoms with van der Waals surface area (Å²) < 4.78 is 0. The van der Waals surface area contributed by atoms with Crippen LogP contribution < -0.4 is 9.91 Å². The number of nitrogens with zero attached hydrogens (tertiary/aromatic N) is 3. The van der Waals surface area contributed by atoms with E-state index in [2.05, 4.69) is 121 Å². The molecular weight excluding hydrogens is 366 g/mol. The second-order valence-corrected chi connectivity index (χ2v) is 7.46. The van der Waals surface area contributed by atoms with Gasteiger partial charge in [-0.2, -0.15) is 5.10 Å². The minimum absolute atomic E-state index is 0.178. The molecule has 0 aromatic heterocycles. The van der Waals surface area contributed by atoms with E-state index in [9.17, 15) is 0 Å². The first-order valence-electron chi connectivity index (χ1n) is 10.8. The van der Waals surface area contributed by atoms with Crippen molar-refractivity contribution in [1.82, 2.24) is 0 Å². The highest BCUT2D eigenvalue weighted by molar-refractivity contribution is 6.03. The average Bonchev–Trinajstić information content (AvgIpc) is 3.24. The van der Waals surface area contributed by atoms with Crippen LogP contribution in [0, 0.1) is 0 Å². The second kappa shape index (κ2) is 9.45. The van der Waals surface area contributed by atoms with Gasteiger partial charge in [-0.25, -0.2) is 0 Å². The molecule has 0 N–H and O–H groups in total. The van der Waals surface area contributed by atoms with E-state index >= 15 is 0 Å². The van der Waals surface area contributed by atoms with Gasteiger partial charge in [0, 0.05) is 19.5 Å². The minimum Gasteiger partial charge on any atom is -0.370 e. The fraction of sp³-hybridized carbons (Fsp3) is 0.222. The standard InChI is InChI=1S/C27H29N3/c1-3-29(4-2)26-17-11-12-18-27(26)30-24(20-19-22-13-7-5-8-14-22)21-25(28-30)23-15-9-6-10-16-23/h5-20,24H,3-4,21H2,1-2H3. The third-order valence-corrected chi connectivity index (χ3v) is 5.60. The summed E-state index contributed by atoms with van der Waals surface area (Å²) in [6.45, 7) is 6.35. The number of hydrazone groups is 1. The Labute approximate surface area is 180 Å². The van der Waals surface area contributed by atoms with Crippen LogP contribution in [-0.4, -0.2) is 24.8 Å². The van der Waals surface area contributed by atoms with Crippen molar-refractivity contribution in [2.24, 2.45) is 5.10 Å². The van der Waals surface area contributed by atoms with Crippen molar-refractivity contribution >= 4 is 23.2 Å². The number of hydrogen-bond acceptors (Lipinski definition) is 3. The van der Waals surface area contributed by atoms with Crippen molar-refractivity contribution < 1.29 is 0 Å². The number of hydrogen-bond donors (Lipinski definition) is 0. The van der Waals surface area contributed by atoms with Gasteiger partial charge in [-0.3, -0.25) is 5.01 Å². The number of anilines is 2. The molecule has 3 aromatic carbocycles. The molecule has 0 aliphatic carbocycles. The van der Waals surface area contributed by atoms with E-state index in [1.165, 1.54) is 16.8 Å². The predicted molar refractivity (Wildman–Crippen MR) is 129 cm³/mol. The van der Waals surface area contributed by atoms with Gasteiger partial charge in [-0.05, 0) is 37.1 Å². The van der Waals surface area contributed by atoms with Gasteiger partial charge in [0.05, 0.1) is 23.1 Å². The maximum Gasteiger partial charge on any atom is 0.0834 e. The van der Waals surface area contributed by atoms with Gasteiger partial charge in [0.15, 0.2) is 0 Å². The molecule has 1 aliphatic rings. The van der Waals surface area contributed by atoms with Gasteiger partial charge < -0.3 is 4.90 Å². The lowest BCUT2D eigenvalue weighted by atomic mass is 10.0. The first kappa shape index (κ1) is 20.0. The van der Waals surface area contributed by atoms with Crippen molar-refractivity contribution in [3.05, 3.63) is 102 Å². The minimum atomic E-state index is 0.178. The average molecular weight is 396 g/mol. The fourth-order valence-electron chi connectivity index (χ4n) is 3.99. The van der Waals surface area contributed by atoms with Crippen LogP contribution in [0.2, 0.25) is 0 Å². The van der Waals surface area contributed by atoms with Crippen LogP contribution in [-0.2, 0) is 0 Å². The fourth-order valence-corrected chi connectivity index (χ4v) is 3.99. The van der Waals surface area contributed by atoms with Gasteiger partial charge >= 0.3 is 0 Å². The van der Waals surface area contributed by atoms with Gasteiger partial charge in [-0.1, -0.05) is 84.9 Å². The van der Waals surface area contributed by atoms with E-state index < -0.39 is 0 Å². The zero-order valence-electron chi connectivity index (χ0n) is 17.8. The summed E-state index contributed by atoms with van der Waals surface area (Å²) in [6, 6.07) is 29.8. The van der Waals surface area contributed by atoms with Crippen molar-refractivity contribution in [2.45, 2.75) is 26.3 Å².